The van der Waals surface area contributed by atoms with Gasteiger partial charge >= 0.3 is 0 Å². The van der Waals surface area contributed by atoms with Crippen molar-refractivity contribution in [3.63, 3.8) is 0 Å². The minimum atomic E-state index is -1.72. The van der Waals surface area contributed by atoms with Crippen molar-refractivity contribution in [1.29, 1.82) is 0 Å². The normalized spacial score (nSPS) is 10.3. The predicted molar refractivity (Wildman–Crippen MR) is 90.5 cm³/mol. The quantitative estimate of drug-likeness (QED) is 0.569. The van der Waals surface area contributed by atoms with E-state index in [1.165, 1.54) is 26.4 Å². The first kappa shape index (κ1) is 20.1. The molecule has 0 atom stereocenters. The number of hydrogen-bond acceptors (Lipinski definition) is 4. The number of nitrogens with one attached hydrogen (secondary N) is 2. The lowest BCUT2D eigenvalue weighted by Crippen LogP contribution is -2.35. The third kappa shape index (κ3) is 4.69. The monoisotopic (exact) mass is 382 g/mol. The van der Waals surface area contributed by atoms with Gasteiger partial charge in [0.15, 0.2) is 29.0 Å². The molecule has 6 nitrogen and oxygen atoms in total. The number of halogens is 3. The Morgan fingerprint density at radius 3 is 2.11 bits per heavy atom. The Bertz CT molecular complexity index is 859. The smallest absolute Gasteiger partial charge is 0.254 e. The highest BCUT2D eigenvalue weighted by Gasteiger charge is 2.18. The van der Waals surface area contributed by atoms with E-state index in [4.69, 9.17) is 9.47 Å². The van der Waals surface area contributed by atoms with Crippen LogP contribution in [0.25, 0.3) is 0 Å². The van der Waals surface area contributed by atoms with Crippen LogP contribution in [0.1, 0.15) is 20.7 Å². The van der Waals surface area contributed by atoms with Crippen molar-refractivity contribution in [3.05, 3.63) is 58.9 Å². The van der Waals surface area contributed by atoms with Gasteiger partial charge in [-0.3, -0.25) is 9.59 Å². The van der Waals surface area contributed by atoms with Crippen LogP contribution in [-0.4, -0.2) is 39.1 Å². The molecule has 2 aromatic rings. The summed E-state index contributed by atoms with van der Waals surface area (Å²) in [5.74, 6) is -5.17. The van der Waals surface area contributed by atoms with E-state index < -0.39 is 34.8 Å². The summed E-state index contributed by atoms with van der Waals surface area (Å²) in [6.07, 6.45) is 0. The zero-order chi connectivity index (χ0) is 20.0. The summed E-state index contributed by atoms with van der Waals surface area (Å²) in [5.41, 5.74) is -0.314. The Morgan fingerprint density at radius 2 is 1.48 bits per heavy atom. The molecule has 0 spiro atoms. The second-order valence-electron chi connectivity index (χ2n) is 5.30. The van der Waals surface area contributed by atoms with Crippen LogP contribution in [0.4, 0.5) is 13.2 Å². The number of carbonyl (C=O) groups excluding carboxylic acids is 2. The SMILES string of the molecule is COc1ccc(C(=O)NCCNC(=O)c2ccc(F)c(F)c2F)cc1OC. The summed E-state index contributed by atoms with van der Waals surface area (Å²) < 4.78 is 49.7. The molecule has 27 heavy (non-hydrogen) atoms. The average molecular weight is 382 g/mol. The third-order valence-corrected chi connectivity index (χ3v) is 3.62. The van der Waals surface area contributed by atoms with Crippen molar-refractivity contribution in [3.8, 4) is 11.5 Å². The molecule has 0 radical (unpaired) electrons. The van der Waals surface area contributed by atoms with E-state index in [9.17, 15) is 22.8 Å². The van der Waals surface area contributed by atoms with Crippen LogP contribution in [0.2, 0.25) is 0 Å². The van der Waals surface area contributed by atoms with E-state index in [0.29, 0.717) is 23.1 Å². The molecule has 2 amide bonds. The van der Waals surface area contributed by atoms with E-state index in [1.54, 1.807) is 6.07 Å². The van der Waals surface area contributed by atoms with E-state index in [1.807, 2.05) is 0 Å². The molecule has 0 unspecified atom stereocenters. The van der Waals surface area contributed by atoms with Crippen molar-refractivity contribution in [2.75, 3.05) is 27.3 Å². The van der Waals surface area contributed by atoms with E-state index in [0.717, 1.165) is 6.07 Å². The Balaban J connectivity index is 1.89. The Kier molecular flexibility index (Phi) is 6.64. The fourth-order valence-corrected chi connectivity index (χ4v) is 2.23. The molecular weight excluding hydrogens is 365 g/mol. The van der Waals surface area contributed by atoms with Crippen LogP contribution in [0.15, 0.2) is 30.3 Å². The Morgan fingerprint density at radius 1 is 0.852 bits per heavy atom. The predicted octanol–water partition coefficient (Wildman–Crippen LogP) is 2.28. The number of amides is 2. The molecule has 0 aromatic heterocycles. The first-order valence-electron chi connectivity index (χ1n) is 7.81. The van der Waals surface area contributed by atoms with Crippen LogP contribution in [-0.2, 0) is 0 Å². The Hall–Kier alpha value is -3.23. The van der Waals surface area contributed by atoms with Crippen LogP contribution in [0.5, 0.6) is 11.5 Å². The highest BCUT2D eigenvalue weighted by atomic mass is 19.2. The van der Waals surface area contributed by atoms with Crippen molar-refractivity contribution >= 4 is 11.8 Å². The number of hydrogen-bond donors (Lipinski definition) is 2. The van der Waals surface area contributed by atoms with Gasteiger partial charge in [-0.25, -0.2) is 13.2 Å². The molecule has 2 rings (SSSR count). The maximum atomic E-state index is 13.5. The highest BCUT2D eigenvalue weighted by molar-refractivity contribution is 5.95. The number of ether oxygens (including phenoxy) is 2. The second-order valence-corrected chi connectivity index (χ2v) is 5.30. The molecule has 2 N–H and O–H groups in total. The maximum absolute atomic E-state index is 13.5. The lowest BCUT2D eigenvalue weighted by Gasteiger charge is -2.10. The zero-order valence-corrected chi connectivity index (χ0v) is 14.6. The molecule has 0 saturated heterocycles. The first-order valence-corrected chi connectivity index (χ1v) is 7.81. The highest BCUT2D eigenvalue weighted by Crippen LogP contribution is 2.27. The van der Waals surface area contributed by atoms with Crippen LogP contribution in [0.3, 0.4) is 0 Å². The minimum absolute atomic E-state index is 0.0320. The molecular formula is C18H17F3N2O4. The number of rotatable bonds is 7. The minimum Gasteiger partial charge on any atom is -0.493 e. The first-order chi connectivity index (χ1) is 12.9. The summed E-state index contributed by atoms with van der Waals surface area (Å²) in [5, 5.41) is 4.86. The lowest BCUT2D eigenvalue weighted by atomic mass is 10.2. The van der Waals surface area contributed by atoms with Gasteiger partial charge in [-0.05, 0) is 30.3 Å². The van der Waals surface area contributed by atoms with E-state index in [2.05, 4.69) is 10.6 Å². The molecule has 0 aliphatic heterocycles. The third-order valence-electron chi connectivity index (χ3n) is 3.62. The molecule has 0 heterocycles. The molecule has 0 aliphatic rings. The number of carbonyl (C=O) groups is 2. The van der Waals surface area contributed by atoms with Gasteiger partial charge in [-0.1, -0.05) is 0 Å². The molecule has 144 valence electrons. The van der Waals surface area contributed by atoms with Gasteiger partial charge in [-0.2, -0.15) is 0 Å². The van der Waals surface area contributed by atoms with Gasteiger partial charge in [0.1, 0.15) is 0 Å². The standard InChI is InChI=1S/C18H17F3N2O4/c1-26-13-6-3-10(9-14(13)27-2)17(24)22-7-8-23-18(25)11-4-5-12(19)16(21)15(11)20/h3-6,9H,7-8H2,1-2H3,(H,22,24)(H,23,25). The van der Waals surface area contributed by atoms with Gasteiger partial charge in [0, 0.05) is 18.7 Å². The summed E-state index contributed by atoms with van der Waals surface area (Å²) in [4.78, 5) is 23.9. The topological polar surface area (TPSA) is 76.7 Å². The molecule has 2 aromatic carbocycles. The summed E-state index contributed by atoms with van der Waals surface area (Å²) in [6, 6.07) is 6.09. The van der Waals surface area contributed by atoms with Crippen molar-refractivity contribution in [2.45, 2.75) is 0 Å². The zero-order valence-electron chi connectivity index (χ0n) is 14.6. The number of methoxy groups -OCH3 is 2. The Labute approximate surface area is 153 Å². The largest absolute Gasteiger partial charge is 0.493 e. The molecule has 0 saturated carbocycles. The van der Waals surface area contributed by atoms with Crippen molar-refractivity contribution in [1.82, 2.24) is 10.6 Å². The summed E-state index contributed by atoms with van der Waals surface area (Å²) in [6.45, 7) is -0.0134. The van der Waals surface area contributed by atoms with Gasteiger partial charge in [-0.15, -0.1) is 0 Å². The molecule has 0 fully saturated rings. The van der Waals surface area contributed by atoms with E-state index in [-0.39, 0.29) is 13.1 Å². The van der Waals surface area contributed by atoms with Crippen molar-refractivity contribution in [2.24, 2.45) is 0 Å². The van der Waals surface area contributed by atoms with Gasteiger partial charge in [0.2, 0.25) is 0 Å². The molecule has 9 heteroatoms. The van der Waals surface area contributed by atoms with Gasteiger partial charge in [0.05, 0.1) is 19.8 Å². The van der Waals surface area contributed by atoms with Crippen LogP contribution < -0.4 is 20.1 Å². The van der Waals surface area contributed by atoms with Gasteiger partial charge in [0.25, 0.3) is 11.8 Å². The second kappa shape index (κ2) is 8.93. The van der Waals surface area contributed by atoms with Crippen molar-refractivity contribution < 1.29 is 32.2 Å². The molecule has 0 aliphatic carbocycles. The van der Waals surface area contributed by atoms with Crippen LogP contribution in [0, 0.1) is 17.5 Å². The number of benzene rings is 2. The fraction of sp³-hybridized carbons (Fsp3) is 0.222. The van der Waals surface area contributed by atoms with Crippen LogP contribution >= 0.6 is 0 Å². The lowest BCUT2D eigenvalue weighted by molar-refractivity contribution is 0.0924. The average Bonchev–Trinajstić information content (AvgIpc) is 2.68. The summed E-state index contributed by atoms with van der Waals surface area (Å²) >= 11 is 0. The molecule has 0 bridgehead atoms. The summed E-state index contributed by atoms with van der Waals surface area (Å²) in [7, 11) is 2.91. The fourth-order valence-electron chi connectivity index (χ4n) is 2.23. The maximum Gasteiger partial charge on any atom is 0.254 e. The van der Waals surface area contributed by atoms with Gasteiger partial charge < -0.3 is 20.1 Å². The van der Waals surface area contributed by atoms with E-state index >= 15 is 0 Å².